The zero-order valence-electron chi connectivity index (χ0n) is 15.8. The number of esters is 1. The molecular weight excluding hydrogens is 394 g/mol. The first-order valence-electron chi connectivity index (χ1n) is 8.39. The zero-order valence-corrected chi connectivity index (χ0v) is 16.6. The van der Waals surface area contributed by atoms with Gasteiger partial charge >= 0.3 is 5.97 Å². The van der Waals surface area contributed by atoms with Crippen LogP contribution in [0.5, 0.6) is 0 Å². The molecule has 0 spiro atoms. The summed E-state index contributed by atoms with van der Waals surface area (Å²) in [7, 11) is -2.51. The molecule has 0 radical (unpaired) electrons. The van der Waals surface area contributed by atoms with E-state index in [-0.39, 0.29) is 21.7 Å². The van der Waals surface area contributed by atoms with Crippen LogP contribution in [-0.4, -0.2) is 33.8 Å². The number of hydrogen-bond acceptors (Lipinski definition) is 7. The van der Waals surface area contributed by atoms with Crippen molar-refractivity contribution >= 4 is 27.5 Å². The van der Waals surface area contributed by atoms with Crippen molar-refractivity contribution in [1.82, 2.24) is 0 Å². The third-order valence-corrected chi connectivity index (χ3v) is 5.75. The van der Waals surface area contributed by atoms with Crippen LogP contribution in [0.15, 0.2) is 70.8 Å². The number of benzene rings is 2. The number of rotatable bonds is 7. The Labute approximate surface area is 168 Å². The molecule has 2 aromatic rings. The SMILES string of the molecule is CC(N)=C(C#N)C(=O)COC(=O)c1cccc(S(=O)(=O)N(C)c2ccccc2)c1. The molecule has 29 heavy (non-hydrogen) atoms. The highest BCUT2D eigenvalue weighted by Gasteiger charge is 2.23. The van der Waals surface area contributed by atoms with E-state index in [9.17, 15) is 18.0 Å². The normalized spacial score (nSPS) is 11.8. The second kappa shape index (κ2) is 9.03. The van der Waals surface area contributed by atoms with Gasteiger partial charge in [-0.2, -0.15) is 5.26 Å². The number of nitrogens with two attached hydrogens (primary N) is 1. The number of nitrogens with zero attached hydrogens (tertiary/aromatic N) is 2. The molecule has 9 heteroatoms. The molecule has 150 valence electrons. The highest BCUT2D eigenvalue weighted by molar-refractivity contribution is 7.92. The molecule has 0 atom stereocenters. The molecule has 0 unspecified atom stereocenters. The number of allylic oxidation sites excluding steroid dienone is 1. The number of ether oxygens (including phenoxy) is 1. The Morgan fingerprint density at radius 2 is 1.79 bits per heavy atom. The first kappa shape index (κ1) is 21.7. The van der Waals surface area contributed by atoms with Crippen LogP contribution in [0.3, 0.4) is 0 Å². The summed E-state index contributed by atoms with van der Waals surface area (Å²) in [5.41, 5.74) is 5.57. The average Bonchev–Trinajstić information content (AvgIpc) is 2.72. The van der Waals surface area contributed by atoms with Gasteiger partial charge in [-0.1, -0.05) is 24.3 Å². The first-order valence-corrected chi connectivity index (χ1v) is 9.83. The summed E-state index contributed by atoms with van der Waals surface area (Å²) in [5.74, 6) is -1.64. The van der Waals surface area contributed by atoms with Crippen molar-refractivity contribution in [3.8, 4) is 6.07 Å². The van der Waals surface area contributed by atoms with Gasteiger partial charge in [-0.15, -0.1) is 0 Å². The summed E-state index contributed by atoms with van der Waals surface area (Å²) >= 11 is 0. The van der Waals surface area contributed by atoms with E-state index >= 15 is 0 Å². The molecule has 0 fully saturated rings. The van der Waals surface area contributed by atoms with E-state index in [4.69, 9.17) is 15.7 Å². The van der Waals surface area contributed by atoms with Crippen molar-refractivity contribution < 1.29 is 22.7 Å². The fraction of sp³-hybridized carbons (Fsp3) is 0.150. The van der Waals surface area contributed by atoms with Gasteiger partial charge in [0.05, 0.1) is 16.1 Å². The van der Waals surface area contributed by atoms with Gasteiger partial charge in [0.25, 0.3) is 10.0 Å². The molecule has 0 heterocycles. The van der Waals surface area contributed by atoms with Crippen molar-refractivity contribution in [1.29, 1.82) is 5.26 Å². The zero-order chi connectivity index (χ0) is 21.6. The first-order chi connectivity index (χ1) is 13.7. The second-order valence-corrected chi connectivity index (χ2v) is 7.97. The number of nitriles is 1. The van der Waals surface area contributed by atoms with Crippen LogP contribution < -0.4 is 10.0 Å². The molecule has 0 aliphatic rings. The van der Waals surface area contributed by atoms with E-state index in [0.717, 1.165) is 10.4 Å². The van der Waals surface area contributed by atoms with E-state index < -0.39 is 28.4 Å². The lowest BCUT2D eigenvalue weighted by Gasteiger charge is -2.19. The van der Waals surface area contributed by atoms with Crippen molar-refractivity contribution in [2.24, 2.45) is 5.73 Å². The lowest BCUT2D eigenvalue weighted by atomic mass is 10.1. The molecule has 0 saturated carbocycles. The van der Waals surface area contributed by atoms with E-state index in [1.54, 1.807) is 36.4 Å². The van der Waals surface area contributed by atoms with Gasteiger partial charge in [-0.05, 0) is 37.3 Å². The maximum atomic E-state index is 12.8. The Hall–Kier alpha value is -3.64. The van der Waals surface area contributed by atoms with Gasteiger partial charge < -0.3 is 10.5 Å². The molecule has 2 aromatic carbocycles. The van der Waals surface area contributed by atoms with Gasteiger partial charge in [-0.25, -0.2) is 13.2 Å². The summed E-state index contributed by atoms with van der Waals surface area (Å²) in [4.78, 5) is 24.0. The molecule has 2 N–H and O–H groups in total. The summed E-state index contributed by atoms with van der Waals surface area (Å²) in [6.07, 6.45) is 0. The summed E-state index contributed by atoms with van der Waals surface area (Å²) in [5, 5.41) is 8.90. The number of carbonyl (C=O) groups excluding carboxylic acids is 2. The van der Waals surface area contributed by atoms with Crippen LogP contribution in [-0.2, 0) is 19.6 Å². The molecule has 0 saturated heterocycles. The Bertz CT molecular complexity index is 1100. The minimum atomic E-state index is -3.92. The molecule has 0 aliphatic carbocycles. The molecule has 2 rings (SSSR count). The summed E-state index contributed by atoms with van der Waals surface area (Å²) in [6.45, 7) is 0.701. The molecule has 0 aliphatic heterocycles. The minimum absolute atomic E-state index is 0.0191. The van der Waals surface area contributed by atoms with Gasteiger partial charge in [0, 0.05) is 12.7 Å². The van der Waals surface area contributed by atoms with Crippen molar-refractivity contribution in [3.63, 3.8) is 0 Å². The van der Waals surface area contributed by atoms with E-state index in [2.05, 4.69) is 0 Å². The molecule has 0 bridgehead atoms. The van der Waals surface area contributed by atoms with Crippen LogP contribution in [0.4, 0.5) is 5.69 Å². The number of para-hydroxylation sites is 1. The van der Waals surface area contributed by atoms with Crippen molar-refractivity contribution in [3.05, 3.63) is 71.4 Å². The van der Waals surface area contributed by atoms with Gasteiger partial charge in [0.1, 0.15) is 11.6 Å². The maximum Gasteiger partial charge on any atom is 0.338 e. The Morgan fingerprint density at radius 3 is 2.38 bits per heavy atom. The standard InChI is InChI=1S/C20H19N3O5S/c1-14(22)18(12-21)19(24)13-28-20(25)15-7-6-10-17(11-15)29(26,27)23(2)16-8-4-3-5-9-16/h3-11H,13,22H2,1-2H3. The lowest BCUT2D eigenvalue weighted by molar-refractivity contribution is -0.118. The van der Waals surface area contributed by atoms with Crippen LogP contribution in [0, 0.1) is 11.3 Å². The smallest absolute Gasteiger partial charge is 0.338 e. The predicted molar refractivity (Wildman–Crippen MR) is 106 cm³/mol. The second-order valence-electron chi connectivity index (χ2n) is 6.01. The van der Waals surface area contributed by atoms with E-state index in [1.165, 1.54) is 32.2 Å². The average molecular weight is 413 g/mol. The van der Waals surface area contributed by atoms with Crippen molar-refractivity contribution in [2.75, 3.05) is 18.0 Å². The Balaban J connectivity index is 2.21. The highest BCUT2D eigenvalue weighted by Crippen LogP contribution is 2.22. The fourth-order valence-electron chi connectivity index (χ4n) is 2.38. The maximum absolute atomic E-state index is 12.8. The van der Waals surface area contributed by atoms with Gasteiger partial charge in [0.2, 0.25) is 5.78 Å². The highest BCUT2D eigenvalue weighted by atomic mass is 32.2. The van der Waals surface area contributed by atoms with Crippen LogP contribution >= 0.6 is 0 Å². The Morgan fingerprint density at radius 1 is 1.14 bits per heavy atom. The summed E-state index contributed by atoms with van der Waals surface area (Å²) < 4.78 is 31.7. The van der Waals surface area contributed by atoms with Crippen LogP contribution in [0.25, 0.3) is 0 Å². The van der Waals surface area contributed by atoms with Gasteiger partial charge in [-0.3, -0.25) is 9.10 Å². The quantitative estimate of drug-likeness (QED) is 0.417. The minimum Gasteiger partial charge on any atom is -0.454 e. The van der Waals surface area contributed by atoms with E-state index in [0.29, 0.717) is 5.69 Å². The lowest BCUT2D eigenvalue weighted by Crippen LogP contribution is -2.26. The Kier molecular flexibility index (Phi) is 6.75. The molecule has 8 nitrogen and oxygen atoms in total. The van der Waals surface area contributed by atoms with Crippen LogP contribution in [0.2, 0.25) is 0 Å². The van der Waals surface area contributed by atoms with E-state index in [1.807, 2.05) is 0 Å². The van der Waals surface area contributed by atoms with Crippen LogP contribution in [0.1, 0.15) is 17.3 Å². The number of Topliss-reactive ketones (excluding diaryl/α,β-unsaturated/α-hetero) is 1. The number of ketones is 1. The number of hydrogen-bond donors (Lipinski definition) is 1. The molecule has 0 aromatic heterocycles. The largest absolute Gasteiger partial charge is 0.454 e. The number of carbonyl (C=O) groups is 2. The predicted octanol–water partition coefficient (Wildman–Crippen LogP) is 1.99. The third kappa shape index (κ3) is 5.00. The fourth-order valence-corrected chi connectivity index (χ4v) is 3.62. The monoisotopic (exact) mass is 413 g/mol. The molecular formula is C20H19N3O5S. The summed E-state index contributed by atoms with van der Waals surface area (Å²) in [6, 6.07) is 15.4. The van der Waals surface area contributed by atoms with Crippen molar-refractivity contribution in [2.45, 2.75) is 11.8 Å². The molecule has 0 amide bonds. The number of anilines is 1. The number of sulfonamides is 1. The topological polar surface area (TPSA) is 131 Å². The van der Waals surface area contributed by atoms with Gasteiger partial charge in [0.15, 0.2) is 6.61 Å². The third-order valence-electron chi connectivity index (χ3n) is 3.97.